The summed E-state index contributed by atoms with van der Waals surface area (Å²) in [5.74, 6) is 0.251. The number of rotatable bonds is 4. The highest BCUT2D eigenvalue weighted by atomic mass is 16.5. The van der Waals surface area contributed by atoms with Crippen molar-refractivity contribution in [2.45, 2.75) is 58.7 Å². The van der Waals surface area contributed by atoms with Crippen LogP contribution in [0.1, 0.15) is 46.4 Å². The summed E-state index contributed by atoms with van der Waals surface area (Å²) in [6.07, 6.45) is 1.78. The van der Waals surface area contributed by atoms with Crippen molar-refractivity contribution in [1.29, 1.82) is 0 Å². The number of aliphatic hydroxyl groups excluding tert-OH is 1. The van der Waals surface area contributed by atoms with E-state index in [4.69, 9.17) is 9.15 Å². The zero-order chi connectivity index (χ0) is 32.6. The van der Waals surface area contributed by atoms with E-state index in [-0.39, 0.29) is 25.4 Å². The quantitative estimate of drug-likeness (QED) is 0.307. The molecule has 13 heteroatoms. The maximum absolute atomic E-state index is 13.6. The molecule has 3 amide bonds. The molecule has 13 nitrogen and oxygen atoms in total. The van der Waals surface area contributed by atoms with E-state index in [1.54, 1.807) is 34.7 Å². The van der Waals surface area contributed by atoms with E-state index in [1.807, 2.05) is 43.5 Å². The van der Waals surface area contributed by atoms with E-state index in [0.29, 0.717) is 61.2 Å². The fourth-order valence-electron chi connectivity index (χ4n) is 5.08. The Bertz CT molecular complexity index is 1670. The van der Waals surface area contributed by atoms with Crippen LogP contribution in [0.3, 0.4) is 0 Å². The van der Waals surface area contributed by atoms with Crippen LogP contribution in [0.4, 0.5) is 0 Å². The van der Waals surface area contributed by atoms with Crippen molar-refractivity contribution in [3.05, 3.63) is 83.0 Å². The summed E-state index contributed by atoms with van der Waals surface area (Å²) in [6, 6.07) is 13.3. The molecular weight excluding hydrogens is 590 g/mol. The molecule has 46 heavy (non-hydrogen) atoms. The van der Waals surface area contributed by atoms with Gasteiger partial charge in [-0.05, 0) is 50.6 Å². The Hall–Kier alpha value is -5.04. The second kappa shape index (κ2) is 14.8. The molecule has 4 aromatic rings. The molecule has 2 aromatic carbocycles. The first kappa shape index (κ1) is 32.4. The lowest BCUT2D eigenvalue weighted by atomic mass is 10.1. The van der Waals surface area contributed by atoms with E-state index >= 15 is 0 Å². The first-order valence-electron chi connectivity index (χ1n) is 15.4. The summed E-state index contributed by atoms with van der Waals surface area (Å²) in [4.78, 5) is 46.0. The minimum absolute atomic E-state index is 0.00764. The van der Waals surface area contributed by atoms with Crippen LogP contribution in [0.2, 0.25) is 0 Å². The normalized spacial score (nSPS) is 17.4. The van der Waals surface area contributed by atoms with E-state index < -0.39 is 24.0 Å². The number of ether oxygens (including phenoxy) is 1. The standard InChI is InChI=1S/C33H39N7O6/c1-21-10-11-25-18-28(21)45-17-7-14-40-20-26(37-38-40)12-15-39(16-13-34-32(44)30(22(2)41)36-31(25)43)29(42)19-27-23(3)46-33(35-27)24-8-5-4-6-9-24/h4-6,8-11,18,20,22,30,41H,7,12-17,19H2,1-3H3,(H,34,44)(H,36,43)/t22-,30+/m1/s1. The Morgan fingerprint density at radius 3 is 2.67 bits per heavy atom. The number of benzene rings is 2. The van der Waals surface area contributed by atoms with Gasteiger partial charge in [0, 0.05) is 56.3 Å². The summed E-state index contributed by atoms with van der Waals surface area (Å²) in [7, 11) is 0. The van der Waals surface area contributed by atoms with Crippen molar-refractivity contribution in [1.82, 2.24) is 35.5 Å². The number of fused-ring (bicyclic) bond motifs is 4. The number of aliphatic hydroxyl groups is 1. The van der Waals surface area contributed by atoms with Gasteiger partial charge in [0.1, 0.15) is 17.6 Å². The highest BCUT2D eigenvalue weighted by molar-refractivity contribution is 5.98. The van der Waals surface area contributed by atoms with E-state index in [9.17, 15) is 19.5 Å². The third kappa shape index (κ3) is 8.16. The minimum Gasteiger partial charge on any atom is -0.493 e. The number of carbonyl (C=O) groups excluding carboxylic acids is 3. The number of carbonyl (C=O) groups is 3. The molecule has 0 spiro atoms. The van der Waals surface area contributed by atoms with Crippen LogP contribution in [0.5, 0.6) is 5.75 Å². The summed E-state index contributed by atoms with van der Waals surface area (Å²) < 4.78 is 13.5. The Morgan fingerprint density at radius 1 is 1.09 bits per heavy atom. The van der Waals surface area contributed by atoms with Crippen molar-refractivity contribution in [3.63, 3.8) is 0 Å². The van der Waals surface area contributed by atoms with Crippen molar-refractivity contribution >= 4 is 17.7 Å². The van der Waals surface area contributed by atoms with Gasteiger partial charge >= 0.3 is 0 Å². The predicted molar refractivity (Wildman–Crippen MR) is 168 cm³/mol. The maximum atomic E-state index is 13.6. The third-order valence-corrected chi connectivity index (χ3v) is 7.78. The molecule has 1 aliphatic heterocycles. The van der Waals surface area contributed by atoms with Crippen molar-refractivity contribution < 1.29 is 28.6 Å². The zero-order valence-electron chi connectivity index (χ0n) is 26.2. The van der Waals surface area contributed by atoms with Crippen LogP contribution in [-0.2, 0) is 29.0 Å². The summed E-state index contributed by atoms with van der Waals surface area (Å²) in [5.41, 5.74) is 3.22. The van der Waals surface area contributed by atoms with Crippen LogP contribution in [0.15, 0.2) is 59.1 Å². The first-order chi connectivity index (χ1) is 22.2. The Kier molecular flexibility index (Phi) is 10.4. The van der Waals surface area contributed by atoms with Crippen LogP contribution in [0.25, 0.3) is 11.5 Å². The molecule has 0 unspecified atom stereocenters. The van der Waals surface area contributed by atoms with Gasteiger partial charge in [-0.25, -0.2) is 4.98 Å². The van der Waals surface area contributed by atoms with Gasteiger partial charge in [0.2, 0.25) is 17.7 Å². The van der Waals surface area contributed by atoms with Crippen LogP contribution >= 0.6 is 0 Å². The molecule has 0 fully saturated rings. The fourth-order valence-corrected chi connectivity index (χ4v) is 5.08. The summed E-state index contributed by atoms with van der Waals surface area (Å²) >= 11 is 0. The molecule has 0 saturated carbocycles. The highest BCUT2D eigenvalue weighted by Crippen LogP contribution is 2.22. The number of aromatic nitrogens is 4. The van der Waals surface area contributed by atoms with Gasteiger partial charge in [-0.3, -0.25) is 19.1 Å². The van der Waals surface area contributed by atoms with E-state index in [1.165, 1.54) is 6.92 Å². The molecule has 4 bridgehead atoms. The molecule has 3 heterocycles. The third-order valence-electron chi connectivity index (χ3n) is 7.78. The number of amides is 3. The largest absolute Gasteiger partial charge is 0.493 e. The molecule has 0 radical (unpaired) electrons. The van der Waals surface area contributed by atoms with Crippen molar-refractivity contribution in [2.75, 3.05) is 26.2 Å². The van der Waals surface area contributed by atoms with Gasteiger partial charge in [0.25, 0.3) is 5.91 Å². The van der Waals surface area contributed by atoms with Gasteiger partial charge < -0.3 is 29.8 Å². The van der Waals surface area contributed by atoms with Crippen molar-refractivity contribution in [3.8, 4) is 17.2 Å². The molecule has 2 atom stereocenters. The van der Waals surface area contributed by atoms with Crippen LogP contribution < -0.4 is 15.4 Å². The number of nitrogens with one attached hydrogen (secondary N) is 2. The Morgan fingerprint density at radius 2 is 1.89 bits per heavy atom. The molecule has 0 saturated heterocycles. The smallest absolute Gasteiger partial charge is 0.252 e. The van der Waals surface area contributed by atoms with E-state index in [0.717, 1.165) is 16.8 Å². The SMILES string of the molecule is Cc1ccc2cc1OCCCn1cc(nn1)CCN(C(=O)Cc1nc(-c3ccccc3)oc1C)CCNC(=O)[C@H]([C@@H](C)O)NC2=O. The Labute approximate surface area is 266 Å². The minimum atomic E-state index is -1.21. The molecule has 5 rings (SSSR count). The zero-order valence-corrected chi connectivity index (χ0v) is 26.2. The first-order valence-corrected chi connectivity index (χ1v) is 15.4. The van der Waals surface area contributed by atoms with Gasteiger partial charge in [0.15, 0.2) is 0 Å². The average molecular weight is 630 g/mol. The monoisotopic (exact) mass is 629 g/mol. The lowest BCUT2D eigenvalue weighted by Gasteiger charge is -2.24. The van der Waals surface area contributed by atoms with Crippen LogP contribution in [0, 0.1) is 13.8 Å². The summed E-state index contributed by atoms with van der Waals surface area (Å²) in [6.45, 7) is 6.64. The molecule has 2 aromatic heterocycles. The number of nitrogens with zero attached hydrogens (tertiary/aromatic N) is 5. The van der Waals surface area contributed by atoms with Gasteiger partial charge in [-0.2, -0.15) is 0 Å². The Balaban J connectivity index is 1.33. The lowest BCUT2D eigenvalue weighted by molar-refractivity contribution is -0.131. The number of hydrogen-bond acceptors (Lipinski definition) is 9. The molecule has 1 aliphatic rings. The highest BCUT2D eigenvalue weighted by Gasteiger charge is 2.27. The summed E-state index contributed by atoms with van der Waals surface area (Å²) in [5, 5.41) is 24.3. The van der Waals surface area contributed by atoms with Gasteiger partial charge in [-0.1, -0.05) is 29.5 Å². The number of aryl methyl sites for hydroxylation is 3. The number of hydrogen-bond donors (Lipinski definition) is 3. The topological polar surface area (TPSA) is 165 Å². The molecule has 3 N–H and O–H groups in total. The lowest BCUT2D eigenvalue weighted by Crippen LogP contribution is -2.53. The molecule has 0 aliphatic carbocycles. The maximum Gasteiger partial charge on any atom is 0.252 e. The van der Waals surface area contributed by atoms with Gasteiger partial charge in [0.05, 0.1) is 30.5 Å². The van der Waals surface area contributed by atoms with Crippen LogP contribution in [-0.4, -0.2) is 86.1 Å². The number of oxazole rings is 1. The van der Waals surface area contributed by atoms with Gasteiger partial charge in [-0.15, -0.1) is 5.10 Å². The molecule has 242 valence electrons. The fraction of sp³-hybridized carbons (Fsp3) is 0.394. The second-order valence-electron chi connectivity index (χ2n) is 11.3. The average Bonchev–Trinajstić information content (AvgIpc) is 3.65. The second-order valence-corrected chi connectivity index (χ2v) is 11.3. The van der Waals surface area contributed by atoms with E-state index in [2.05, 4.69) is 25.9 Å². The molecular formula is C33H39N7O6. The van der Waals surface area contributed by atoms with Crippen molar-refractivity contribution in [2.24, 2.45) is 0 Å². The predicted octanol–water partition coefficient (Wildman–Crippen LogP) is 2.24.